The number of aliphatic hydroxyl groups is 1. The highest BCUT2D eigenvalue weighted by atomic mass is 32.2. The first-order valence-electron chi connectivity index (χ1n) is 6.66. The van der Waals surface area contributed by atoms with E-state index in [2.05, 4.69) is 10.4 Å². The van der Waals surface area contributed by atoms with E-state index in [4.69, 9.17) is 10.9 Å². The number of fused-ring (bicyclic) bond motifs is 1. The predicted molar refractivity (Wildman–Crippen MR) is 77.0 cm³/mol. The summed E-state index contributed by atoms with van der Waals surface area (Å²) in [5.74, 6) is 5.52. The molecule has 9 heteroatoms. The number of aromatic nitrogens is 2. The molecule has 0 radical (unpaired) electrons. The molecule has 0 unspecified atom stereocenters. The van der Waals surface area contributed by atoms with E-state index in [1.165, 1.54) is 8.71 Å². The molecule has 1 fully saturated rings. The van der Waals surface area contributed by atoms with Gasteiger partial charge in [-0.15, -0.1) is 0 Å². The molecule has 0 spiro atoms. The lowest BCUT2D eigenvalue weighted by molar-refractivity contribution is 0.250. The summed E-state index contributed by atoms with van der Waals surface area (Å²) >= 11 is 0. The van der Waals surface area contributed by atoms with Gasteiger partial charge in [0.2, 0.25) is 5.03 Å². The molecule has 3 rings (SSSR count). The van der Waals surface area contributed by atoms with E-state index in [1.54, 1.807) is 24.4 Å². The lowest BCUT2D eigenvalue weighted by atomic mass is 10.5. The highest BCUT2D eigenvalue weighted by Crippen LogP contribution is 2.34. The van der Waals surface area contributed by atoms with E-state index in [9.17, 15) is 8.42 Å². The Kier molecular flexibility index (Phi) is 3.57. The average molecular weight is 311 g/mol. The van der Waals surface area contributed by atoms with Crippen LogP contribution in [0.15, 0.2) is 29.4 Å². The molecule has 2 heterocycles. The van der Waals surface area contributed by atoms with Crippen molar-refractivity contribution in [2.75, 3.05) is 18.6 Å². The van der Waals surface area contributed by atoms with Crippen LogP contribution in [0.2, 0.25) is 0 Å². The van der Waals surface area contributed by atoms with Crippen LogP contribution in [-0.2, 0) is 10.0 Å². The van der Waals surface area contributed by atoms with Gasteiger partial charge in [-0.1, -0.05) is 6.07 Å². The summed E-state index contributed by atoms with van der Waals surface area (Å²) in [6, 6.07) is 5.14. The van der Waals surface area contributed by atoms with Crippen LogP contribution in [0.25, 0.3) is 5.65 Å². The molecule has 8 nitrogen and oxygen atoms in total. The van der Waals surface area contributed by atoms with Crippen molar-refractivity contribution >= 4 is 21.5 Å². The van der Waals surface area contributed by atoms with E-state index in [0.29, 0.717) is 5.65 Å². The Morgan fingerprint density at radius 1 is 1.48 bits per heavy atom. The minimum absolute atomic E-state index is 0.000880. The molecule has 0 aromatic carbocycles. The summed E-state index contributed by atoms with van der Waals surface area (Å²) in [4.78, 5) is 4.18. The van der Waals surface area contributed by atoms with E-state index in [-0.39, 0.29) is 30.0 Å². The van der Waals surface area contributed by atoms with Crippen molar-refractivity contribution in [3.63, 3.8) is 0 Å². The normalized spacial score (nSPS) is 15.8. The Hall–Kier alpha value is -1.68. The van der Waals surface area contributed by atoms with Gasteiger partial charge in [0.1, 0.15) is 5.65 Å². The van der Waals surface area contributed by atoms with Gasteiger partial charge in [0.15, 0.2) is 5.82 Å². The fourth-order valence-electron chi connectivity index (χ4n) is 2.38. The van der Waals surface area contributed by atoms with E-state index in [1.807, 2.05) is 0 Å². The molecule has 0 atom stereocenters. The number of nitrogens with two attached hydrogens (primary N) is 1. The quantitative estimate of drug-likeness (QED) is 0.501. The number of imidazole rings is 1. The fourth-order valence-corrected chi connectivity index (χ4v) is 4.28. The number of sulfonamides is 1. The lowest BCUT2D eigenvalue weighted by Crippen LogP contribution is -2.36. The number of hydrogen-bond acceptors (Lipinski definition) is 6. The third kappa shape index (κ3) is 2.38. The second-order valence-electron chi connectivity index (χ2n) is 4.91. The van der Waals surface area contributed by atoms with Crippen LogP contribution >= 0.6 is 0 Å². The highest BCUT2D eigenvalue weighted by molar-refractivity contribution is 7.89. The number of nitrogens with zero attached hydrogens (tertiary/aromatic N) is 3. The summed E-state index contributed by atoms with van der Waals surface area (Å²) in [6.07, 6.45) is 3.24. The number of nitrogen functional groups attached to an aromatic ring is 1. The zero-order chi connectivity index (χ0) is 15.0. The van der Waals surface area contributed by atoms with Crippen molar-refractivity contribution in [1.29, 1.82) is 0 Å². The Balaban J connectivity index is 2.17. The molecule has 1 aliphatic rings. The van der Waals surface area contributed by atoms with Gasteiger partial charge in [-0.2, -0.15) is 4.31 Å². The fraction of sp³-hybridized carbons (Fsp3) is 0.417. The predicted octanol–water partition coefficient (Wildman–Crippen LogP) is -0.235. The summed E-state index contributed by atoms with van der Waals surface area (Å²) in [5.41, 5.74) is 2.84. The minimum atomic E-state index is -3.79. The van der Waals surface area contributed by atoms with Crippen molar-refractivity contribution in [3.05, 3.63) is 24.4 Å². The smallest absolute Gasteiger partial charge is 0.263 e. The number of aliphatic hydroxyl groups excluding tert-OH is 1. The van der Waals surface area contributed by atoms with Crippen LogP contribution in [-0.4, -0.2) is 46.4 Å². The van der Waals surface area contributed by atoms with Crippen LogP contribution < -0.4 is 11.3 Å². The van der Waals surface area contributed by atoms with Crippen molar-refractivity contribution < 1.29 is 13.5 Å². The van der Waals surface area contributed by atoms with Crippen molar-refractivity contribution in [1.82, 2.24) is 13.7 Å². The second kappa shape index (κ2) is 5.26. The molecule has 0 saturated heterocycles. The van der Waals surface area contributed by atoms with Crippen LogP contribution in [0.3, 0.4) is 0 Å². The Bertz CT molecular complexity index is 753. The number of anilines is 1. The molecule has 4 N–H and O–H groups in total. The van der Waals surface area contributed by atoms with Crippen LogP contribution in [0.4, 0.5) is 5.82 Å². The summed E-state index contributed by atoms with van der Waals surface area (Å²) in [7, 11) is -3.79. The molecule has 2 aromatic rings. The molecule has 0 amide bonds. The molecule has 114 valence electrons. The number of hydrogen-bond donors (Lipinski definition) is 3. The molecule has 2 aromatic heterocycles. The largest absolute Gasteiger partial charge is 0.395 e. The molecular formula is C12H17N5O3S. The first-order chi connectivity index (χ1) is 10.1. The lowest BCUT2D eigenvalue weighted by Gasteiger charge is -2.21. The zero-order valence-electron chi connectivity index (χ0n) is 11.3. The van der Waals surface area contributed by atoms with E-state index in [0.717, 1.165) is 12.8 Å². The first kappa shape index (κ1) is 14.3. The standard InChI is InChI=1S/C12H17N5O3S/c13-15-11-12(16-6-2-1-3-10(16)14-11)21(19,20)17(7-8-18)9-4-5-9/h1-3,6,9,15,18H,4-5,7-8,13H2. The first-order valence-corrected chi connectivity index (χ1v) is 8.10. The third-order valence-corrected chi connectivity index (χ3v) is 5.43. The highest BCUT2D eigenvalue weighted by Gasteiger charge is 2.40. The van der Waals surface area contributed by atoms with Crippen molar-refractivity contribution in [2.24, 2.45) is 5.84 Å². The van der Waals surface area contributed by atoms with Crippen LogP contribution in [0, 0.1) is 0 Å². The van der Waals surface area contributed by atoms with Gasteiger partial charge in [-0.25, -0.2) is 19.2 Å². The van der Waals surface area contributed by atoms with Gasteiger partial charge in [0.05, 0.1) is 6.61 Å². The summed E-state index contributed by atoms with van der Waals surface area (Å²) in [5, 5.41) is 9.15. The van der Waals surface area contributed by atoms with Gasteiger partial charge in [0.25, 0.3) is 10.0 Å². The van der Waals surface area contributed by atoms with Crippen LogP contribution in [0.1, 0.15) is 12.8 Å². The average Bonchev–Trinajstić information content (AvgIpc) is 3.22. The third-order valence-electron chi connectivity index (χ3n) is 3.45. The number of pyridine rings is 1. The Morgan fingerprint density at radius 2 is 2.24 bits per heavy atom. The number of nitrogens with one attached hydrogen (secondary N) is 1. The number of hydrazine groups is 1. The van der Waals surface area contributed by atoms with Gasteiger partial charge >= 0.3 is 0 Å². The van der Waals surface area contributed by atoms with Gasteiger partial charge in [-0.05, 0) is 25.0 Å². The maximum Gasteiger partial charge on any atom is 0.263 e. The minimum Gasteiger partial charge on any atom is -0.395 e. The van der Waals surface area contributed by atoms with Crippen molar-refractivity contribution in [2.45, 2.75) is 23.9 Å². The molecule has 0 aliphatic heterocycles. The maximum absolute atomic E-state index is 12.9. The molecule has 0 bridgehead atoms. The summed E-state index contributed by atoms with van der Waals surface area (Å²) < 4.78 is 28.6. The summed E-state index contributed by atoms with van der Waals surface area (Å²) in [6.45, 7) is -0.158. The van der Waals surface area contributed by atoms with Crippen molar-refractivity contribution in [3.8, 4) is 0 Å². The Labute approximate surface area is 122 Å². The second-order valence-corrected chi connectivity index (χ2v) is 6.72. The molecule has 1 saturated carbocycles. The molecule has 21 heavy (non-hydrogen) atoms. The van der Waals surface area contributed by atoms with E-state index >= 15 is 0 Å². The molecule has 1 aliphatic carbocycles. The zero-order valence-corrected chi connectivity index (χ0v) is 12.1. The van der Waals surface area contributed by atoms with E-state index < -0.39 is 10.0 Å². The maximum atomic E-state index is 12.9. The van der Waals surface area contributed by atoms with Crippen LogP contribution in [0.5, 0.6) is 0 Å². The Morgan fingerprint density at radius 3 is 2.86 bits per heavy atom. The van der Waals surface area contributed by atoms with Gasteiger partial charge in [0, 0.05) is 18.8 Å². The number of rotatable bonds is 6. The van der Waals surface area contributed by atoms with Gasteiger partial charge in [-0.3, -0.25) is 4.40 Å². The molecular weight excluding hydrogens is 294 g/mol. The topological polar surface area (TPSA) is 113 Å². The SMILES string of the molecule is NNc1nc2ccccn2c1S(=O)(=O)N(CCO)C1CC1. The monoisotopic (exact) mass is 311 g/mol. The van der Waals surface area contributed by atoms with Gasteiger partial charge < -0.3 is 10.5 Å².